The maximum absolute atomic E-state index is 13.1. The third-order valence-corrected chi connectivity index (χ3v) is 15.9. The van der Waals surface area contributed by atoms with E-state index in [1.54, 1.807) is 11.1 Å². The predicted octanol–water partition coefficient (Wildman–Crippen LogP) is 10.5. The molecule has 5 atom stereocenters. The lowest BCUT2D eigenvalue weighted by atomic mass is 9.43. The molecule has 1 aliphatic heterocycles. The van der Waals surface area contributed by atoms with Gasteiger partial charge < -0.3 is 19.0 Å². The summed E-state index contributed by atoms with van der Waals surface area (Å²) in [7, 11) is -0.935. The average Bonchev–Trinajstić information content (AvgIpc) is 3.34. The number of carbonyl (C=O) groups is 1. The minimum Gasteiger partial charge on any atom is -0.412 e. The highest BCUT2D eigenvalue weighted by Crippen LogP contribution is 2.65. The molecule has 3 fully saturated rings. The summed E-state index contributed by atoms with van der Waals surface area (Å²) in [5.74, 6) is 2.27. The van der Waals surface area contributed by atoms with Crippen molar-refractivity contribution in [2.45, 2.75) is 143 Å². The van der Waals surface area contributed by atoms with E-state index in [0.717, 1.165) is 37.7 Å². The molecule has 1 N–H and O–H groups in total. The molecule has 4 aliphatic rings. The summed E-state index contributed by atoms with van der Waals surface area (Å²) in [5, 5.41) is 4.61. The van der Waals surface area contributed by atoms with Crippen LogP contribution in [0.25, 0.3) is 10.9 Å². The Balaban J connectivity index is 1.07. The fourth-order valence-electron chi connectivity index (χ4n) is 10.6. The molecule has 6 rings (SSSR count). The number of carbonyl (C=O) groups excluding carboxylic acids is 1. The summed E-state index contributed by atoms with van der Waals surface area (Å²) >= 11 is 0. The van der Waals surface area contributed by atoms with Crippen LogP contribution in [0.4, 0.5) is 5.69 Å². The largest absolute Gasteiger partial charge is 0.412 e. The molecule has 0 unspecified atom stereocenters. The Bertz CT molecular complexity index is 1450. The van der Waals surface area contributed by atoms with Crippen LogP contribution in [0, 0.1) is 28.6 Å². The van der Waals surface area contributed by atoms with Crippen molar-refractivity contribution in [3.63, 3.8) is 0 Å². The molecule has 3 aliphatic carbocycles. The van der Waals surface area contributed by atoms with Crippen LogP contribution in [0.15, 0.2) is 41.6 Å². The van der Waals surface area contributed by atoms with Crippen LogP contribution in [0.3, 0.4) is 0 Å². The van der Waals surface area contributed by atoms with E-state index in [2.05, 4.69) is 96.6 Å². The fourth-order valence-corrected chi connectivity index (χ4v) is 13.6. The van der Waals surface area contributed by atoms with Gasteiger partial charge in [-0.2, -0.15) is 0 Å². The van der Waals surface area contributed by atoms with Gasteiger partial charge in [-0.15, -0.1) is 0 Å². The number of rotatable bonds is 9. The van der Waals surface area contributed by atoms with E-state index in [4.69, 9.17) is 9.16 Å². The predicted molar refractivity (Wildman–Crippen MR) is 192 cm³/mol. The fraction of sp³-hybridized carbons (Fsp3) is 0.725. The molecule has 1 radical (unpaired) electrons. The second-order valence-electron chi connectivity index (χ2n) is 17.5. The van der Waals surface area contributed by atoms with Crippen LogP contribution in [-0.4, -0.2) is 38.8 Å². The van der Waals surface area contributed by atoms with Gasteiger partial charge in [0, 0.05) is 29.2 Å². The van der Waals surface area contributed by atoms with Gasteiger partial charge in [0.25, 0.3) is 0 Å². The van der Waals surface area contributed by atoms with Gasteiger partial charge >= 0.3 is 0 Å². The van der Waals surface area contributed by atoms with Gasteiger partial charge in [-0.3, -0.25) is 4.79 Å². The van der Waals surface area contributed by atoms with Crippen molar-refractivity contribution in [1.82, 2.24) is 4.57 Å². The van der Waals surface area contributed by atoms with E-state index in [0.29, 0.717) is 41.4 Å². The number of benzene rings is 1. The highest BCUT2D eigenvalue weighted by atomic mass is 28.3. The Morgan fingerprint density at radius 2 is 1.87 bits per heavy atom. The maximum atomic E-state index is 13.1. The highest BCUT2D eigenvalue weighted by Gasteiger charge is 2.59. The molecule has 0 spiro atoms. The van der Waals surface area contributed by atoms with Gasteiger partial charge in [0.15, 0.2) is 0 Å². The molecule has 1 aromatic heterocycles. The highest BCUT2D eigenvalue weighted by molar-refractivity contribution is 6.56. The smallest absolute Gasteiger partial charge is 0.224 e. The number of anilines is 1. The quantitative estimate of drug-likeness (QED) is 0.218. The first-order valence-electron chi connectivity index (χ1n) is 18.4. The molecule has 6 heteroatoms. The third-order valence-electron chi connectivity index (χ3n) is 12.8. The van der Waals surface area contributed by atoms with E-state index in [1.807, 2.05) is 6.07 Å². The van der Waals surface area contributed by atoms with Crippen molar-refractivity contribution < 1.29 is 14.0 Å². The van der Waals surface area contributed by atoms with Crippen LogP contribution in [-0.2, 0) is 14.0 Å². The number of allylic oxidation sites excluding steroid dienone is 2. The number of hydrogen-bond acceptors (Lipinski definition) is 3. The standard InChI is InChI=1S/C40H61N2O3Si/c1-26(2)46(38(4,5)6)45-36-19-21-40(9)33-16-13-27(3)31(32(33)15-18-35(40)39(36,7)8)11-10-12-37(43)41-29-14-17-34-28(23-29)20-22-42(34)30-24-44-25-30/h14,17,20,22-23,26,30,32-33,35-36H,10-13,15-16,18-19,21,24-25H2,1-9H3,(H,41,43)/t32-,33-,35-,36-,40+/m0/s1. The summed E-state index contributed by atoms with van der Waals surface area (Å²) in [4.78, 5) is 13.1. The van der Waals surface area contributed by atoms with Crippen LogP contribution in [0.5, 0.6) is 0 Å². The summed E-state index contributed by atoms with van der Waals surface area (Å²) < 4.78 is 14.9. The molecule has 2 aromatic rings. The van der Waals surface area contributed by atoms with Gasteiger partial charge in [0.05, 0.1) is 25.4 Å². The van der Waals surface area contributed by atoms with Crippen molar-refractivity contribution in [1.29, 1.82) is 0 Å². The topological polar surface area (TPSA) is 52.5 Å². The van der Waals surface area contributed by atoms with Crippen molar-refractivity contribution >= 4 is 31.5 Å². The van der Waals surface area contributed by atoms with Gasteiger partial charge in [-0.25, -0.2) is 0 Å². The number of aromatic nitrogens is 1. The van der Waals surface area contributed by atoms with Gasteiger partial charge in [-0.1, -0.05) is 66.5 Å². The van der Waals surface area contributed by atoms with E-state index < -0.39 is 9.04 Å². The molecule has 1 aromatic carbocycles. The van der Waals surface area contributed by atoms with Crippen molar-refractivity contribution in [2.75, 3.05) is 18.5 Å². The Morgan fingerprint density at radius 1 is 1.11 bits per heavy atom. The first-order valence-corrected chi connectivity index (χ1v) is 19.9. The second kappa shape index (κ2) is 12.9. The van der Waals surface area contributed by atoms with Gasteiger partial charge in [0.1, 0.15) is 0 Å². The summed E-state index contributed by atoms with van der Waals surface area (Å²) in [6.07, 6.45) is 12.7. The van der Waals surface area contributed by atoms with Gasteiger partial charge in [-0.05, 0) is 122 Å². The Hall–Kier alpha value is -1.89. The number of hydrogen-bond donors (Lipinski definition) is 1. The lowest BCUT2D eigenvalue weighted by Crippen LogP contribution is -2.58. The van der Waals surface area contributed by atoms with Crippen LogP contribution in [0.1, 0.15) is 126 Å². The average molecular weight is 646 g/mol. The first kappa shape index (κ1) is 34.0. The number of nitrogens with one attached hydrogen (secondary N) is 1. The molecule has 0 bridgehead atoms. The molecule has 253 valence electrons. The zero-order valence-electron chi connectivity index (χ0n) is 30.3. The van der Waals surface area contributed by atoms with E-state index in [1.165, 1.54) is 49.4 Å². The maximum Gasteiger partial charge on any atom is 0.224 e. The van der Waals surface area contributed by atoms with Crippen molar-refractivity contribution in [2.24, 2.45) is 28.6 Å². The van der Waals surface area contributed by atoms with Crippen molar-refractivity contribution in [3.8, 4) is 0 Å². The minimum absolute atomic E-state index is 0.130. The number of fused-ring (bicyclic) bond motifs is 4. The second-order valence-corrected chi connectivity index (χ2v) is 21.1. The monoisotopic (exact) mass is 645 g/mol. The number of amides is 1. The molecule has 1 amide bonds. The normalized spacial score (nSPS) is 30.0. The summed E-state index contributed by atoms with van der Waals surface area (Å²) in [5.41, 5.74) is 6.59. The third kappa shape index (κ3) is 6.32. The SMILES string of the molecule is CC1=C(CCCC(=O)Nc2ccc3c(ccn3C3COC3)c2)[C@@H]2CC[C@H]3C(C)(C)[C@@H](O[Si](C(C)C)C(C)(C)C)CC[C@]3(C)[C@H]2CC1. The number of nitrogens with zero attached hydrogens (tertiary/aromatic N) is 1. The Labute approximate surface area is 281 Å². The van der Waals surface area contributed by atoms with Crippen LogP contribution >= 0.6 is 0 Å². The lowest BCUT2D eigenvalue weighted by molar-refractivity contribution is -0.144. The molecule has 2 heterocycles. The molecule has 1 saturated heterocycles. The summed E-state index contributed by atoms with van der Waals surface area (Å²) in [6.45, 7) is 23.6. The zero-order valence-corrected chi connectivity index (χ0v) is 31.3. The van der Waals surface area contributed by atoms with Crippen LogP contribution < -0.4 is 5.32 Å². The number of ether oxygens (including phenoxy) is 1. The van der Waals surface area contributed by atoms with E-state index in [-0.39, 0.29) is 16.4 Å². The first-order chi connectivity index (χ1) is 21.7. The molecular weight excluding hydrogens is 585 g/mol. The molecule has 5 nitrogen and oxygen atoms in total. The van der Waals surface area contributed by atoms with Crippen molar-refractivity contribution in [3.05, 3.63) is 41.6 Å². The van der Waals surface area contributed by atoms with Gasteiger partial charge in [0.2, 0.25) is 14.9 Å². The molecular formula is C40H61N2O3Si. The van der Waals surface area contributed by atoms with E-state index in [9.17, 15) is 4.79 Å². The zero-order chi connectivity index (χ0) is 33.0. The molecule has 2 saturated carbocycles. The lowest BCUT2D eigenvalue weighted by Gasteiger charge is -2.63. The minimum atomic E-state index is -0.935. The van der Waals surface area contributed by atoms with E-state index >= 15 is 0 Å². The Morgan fingerprint density at radius 3 is 2.54 bits per heavy atom. The molecule has 46 heavy (non-hydrogen) atoms. The van der Waals surface area contributed by atoms with Crippen LogP contribution in [0.2, 0.25) is 10.6 Å². The Kier molecular flexibility index (Phi) is 9.50. The summed E-state index contributed by atoms with van der Waals surface area (Å²) in [6, 6.07) is 8.86.